The number of hydrogen-bond donors (Lipinski definition) is 6. The number of allylic oxidation sites excluding steroid dienone is 3. The highest BCUT2D eigenvalue weighted by Crippen LogP contribution is 2.52. The van der Waals surface area contributed by atoms with Crippen LogP contribution in [0.2, 0.25) is 0 Å². The van der Waals surface area contributed by atoms with Crippen LogP contribution in [0.25, 0.3) is 0 Å². The Morgan fingerprint density at radius 1 is 1.02 bits per heavy atom. The minimum Gasteiger partial charge on any atom is -0.459 e. The van der Waals surface area contributed by atoms with Gasteiger partial charge < -0.3 is 44.8 Å². The van der Waals surface area contributed by atoms with E-state index in [2.05, 4.69) is 0 Å². The summed E-state index contributed by atoms with van der Waals surface area (Å²) in [5.74, 6) is -1.65. The van der Waals surface area contributed by atoms with Crippen LogP contribution in [-0.2, 0) is 28.6 Å². The molecule has 2 fully saturated rings. The highest BCUT2D eigenvalue weighted by Gasteiger charge is 2.55. The number of carbonyl (C=O) groups excluding carboxylic acids is 3. The lowest BCUT2D eigenvalue weighted by Gasteiger charge is -2.54. The van der Waals surface area contributed by atoms with Crippen molar-refractivity contribution in [1.29, 1.82) is 0 Å². The van der Waals surface area contributed by atoms with Gasteiger partial charge in [-0.3, -0.25) is 14.4 Å². The summed E-state index contributed by atoms with van der Waals surface area (Å²) in [6.45, 7) is 15.3. The zero-order valence-electron chi connectivity index (χ0n) is 31.1. The highest BCUT2D eigenvalue weighted by molar-refractivity contribution is 5.99. The molecule has 0 bridgehead atoms. The molecule has 0 radical (unpaired) electrons. The summed E-state index contributed by atoms with van der Waals surface area (Å²) in [7, 11) is 0. The molecule has 12 heteroatoms. The lowest BCUT2D eigenvalue weighted by Crippen LogP contribution is -2.62. The first-order chi connectivity index (χ1) is 23.0. The van der Waals surface area contributed by atoms with Gasteiger partial charge in [0.1, 0.15) is 30.0 Å². The second-order valence-corrected chi connectivity index (χ2v) is 16.2. The van der Waals surface area contributed by atoms with Crippen LogP contribution in [0.4, 0.5) is 0 Å². The molecule has 0 aromatic heterocycles. The number of carbonyl (C=O) groups is 3. The van der Waals surface area contributed by atoms with E-state index in [4.69, 9.17) is 14.2 Å². The van der Waals surface area contributed by atoms with Gasteiger partial charge in [0.2, 0.25) is 0 Å². The van der Waals surface area contributed by atoms with Crippen LogP contribution in [-0.4, -0.2) is 109 Å². The molecule has 3 aliphatic rings. The predicted molar refractivity (Wildman–Crippen MR) is 184 cm³/mol. The van der Waals surface area contributed by atoms with Crippen LogP contribution in [0, 0.1) is 22.7 Å². The number of ketones is 2. The fraction of sp³-hybridized carbons (Fsp3) is 0.763. The molecule has 11 atom stereocenters. The van der Waals surface area contributed by atoms with Gasteiger partial charge >= 0.3 is 5.97 Å². The first kappa shape index (κ1) is 42.1. The molecule has 1 saturated heterocycles. The Kier molecular flexibility index (Phi) is 13.6. The van der Waals surface area contributed by atoms with E-state index >= 15 is 0 Å². The van der Waals surface area contributed by atoms with Crippen molar-refractivity contribution in [3.8, 4) is 0 Å². The van der Waals surface area contributed by atoms with E-state index in [1.807, 2.05) is 33.8 Å². The summed E-state index contributed by atoms with van der Waals surface area (Å²) in [6.07, 6.45) is 0.0779. The number of hydrogen-bond acceptors (Lipinski definition) is 12. The van der Waals surface area contributed by atoms with Crippen molar-refractivity contribution in [3.63, 3.8) is 0 Å². The van der Waals surface area contributed by atoms with E-state index in [1.54, 1.807) is 27.7 Å². The lowest BCUT2D eigenvalue weighted by molar-refractivity contribution is -0.327. The lowest BCUT2D eigenvalue weighted by atomic mass is 9.58. The van der Waals surface area contributed by atoms with Gasteiger partial charge in [-0.15, -0.1) is 0 Å². The highest BCUT2D eigenvalue weighted by atomic mass is 16.7. The minimum atomic E-state index is -1.57. The smallest absolute Gasteiger partial charge is 0.303 e. The van der Waals surface area contributed by atoms with Crippen molar-refractivity contribution in [1.82, 2.24) is 0 Å². The Balaban J connectivity index is 1.69. The van der Waals surface area contributed by atoms with E-state index in [9.17, 15) is 45.0 Å². The van der Waals surface area contributed by atoms with E-state index in [0.29, 0.717) is 31.3 Å². The van der Waals surface area contributed by atoms with Crippen molar-refractivity contribution in [3.05, 3.63) is 35.5 Å². The molecule has 3 rings (SSSR count). The summed E-state index contributed by atoms with van der Waals surface area (Å²) >= 11 is 0. The third-order valence-corrected chi connectivity index (χ3v) is 11.5. The van der Waals surface area contributed by atoms with E-state index in [0.717, 1.165) is 5.57 Å². The fourth-order valence-corrected chi connectivity index (χ4v) is 8.22. The van der Waals surface area contributed by atoms with Gasteiger partial charge in [0.15, 0.2) is 17.9 Å². The van der Waals surface area contributed by atoms with Gasteiger partial charge in [-0.05, 0) is 89.0 Å². The summed E-state index contributed by atoms with van der Waals surface area (Å²) in [5.41, 5.74) is -2.37. The van der Waals surface area contributed by atoms with E-state index < -0.39 is 83.4 Å². The molecule has 0 amide bonds. The van der Waals surface area contributed by atoms with Crippen molar-refractivity contribution >= 4 is 17.5 Å². The van der Waals surface area contributed by atoms with Crippen molar-refractivity contribution in [2.45, 2.75) is 155 Å². The second-order valence-electron chi connectivity index (χ2n) is 16.2. The Bertz CT molecular complexity index is 1330. The van der Waals surface area contributed by atoms with Crippen LogP contribution in [0.1, 0.15) is 101 Å². The standard InChI is InChI=1S/C38H60O12/c1-21(10-12-24(41)18-22(2)25(42)19-28-35(4,5)29(43)14-16-37(28,8)47)11-13-27-36(6,7)30(15-17-38(27,9)50-23(3)40)49-34-33(46)32(45)31(44)26(20-39)48-34/h10,14,16,18,24,26-28,30-34,39,41,44-47H,11-13,15,17,19-20H2,1-9H3. The molecule has 1 saturated carbocycles. The number of ether oxygens (including phenoxy) is 3. The predicted octanol–water partition coefficient (Wildman–Crippen LogP) is 2.84. The van der Waals surface area contributed by atoms with Gasteiger partial charge in [0, 0.05) is 30.6 Å². The molecule has 2 aliphatic carbocycles. The Labute approximate surface area is 296 Å². The summed E-state index contributed by atoms with van der Waals surface area (Å²) in [6, 6.07) is 0. The topological polar surface area (TPSA) is 200 Å². The van der Waals surface area contributed by atoms with Crippen molar-refractivity contribution in [2.24, 2.45) is 22.7 Å². The van der Waals surface area contributed by atoms with Crippen LogP contribution in [0.3, 0.4) is 0 Å². The number of esters is 1. The molecule has 284 valence electrons. The average Bonchev–Trinajstić information content (AvgIpc) is 3.01. The quantitative estimate of drug-likeness (QED) is 0.0930. The molecule has 50 heavy (non-hydrogen) atoms. The largest absolute Gasteiger partial charge is 0.459 e. The minimum absolute atomic E-state index is 0.0423. The van der Waals surface area contributed by atoms with Gasteiger partial charge in [-0.1, -0.05) is 39.3 Å². The molecule has 0 spiro atoms. The number of rotatable bonds is 13. The molecule has 0 aromatic rings. The first-order valence-electron chi connectivity index (χ1n) is 17.6. The zero-order chi connectivity index (χ0) is 38.0. The average molecular weight is 709 g/mol. The maximum absolute atomic E-state index is 13.1. The molecule has 1 aliphatic heterocycles. The summed E-state index contributed by atoms with van der Waals surface area (Å²) < 4.78 is 17.8. The SMILES string of the molecule is CC(=O)OC1(C)CCC(OC2OC(CO)C(O)C(O)C2O)C(C)(C)C1CCC(C)=CCC(O)C=C(C)C(=O)CC1C(C)(O)C=CC(=O)C1(C)C. The van der Waals surface area contributed by atoms with Gasteiger partial charge in [-0.25, -0.2) is 0 Å². The molecule has 1 heterocycles. The molecular formula is C38H60O12. The normalized spacial score (nSPS) is 38.1. The summed E-state index contributed by atoms with van der Waals surface area (Å²) in [5, 5.41) is 62.4. The Hall–Kier alpha value is -2.29. The van der Waals surface area contributed by atoms with Crippen molar-refractivity contribution in [2.75, 3.05) is 6.61 Å². The molecule has 0 aromatic carbocycles. The maximum Gasteiger partial charge on any atom is 0.303 e. The van der Waals surface area contributed by atoms with E-state index in [-0.39, 0.29) is 30.3 Å². The zero-order valence-corrected chi connectivity index (χ0v) is 31.1. The van der Waals surface area contributed by atoms with E-state index in [1.165, 1.54) is 25.2 Å². The first-order valence-corrected chi connectivity index (χ1v) is 17.6. The van der Waals surface area contributed by atoms with Crippen LogP contribution >= 0.6 is 0 Å². The second kappa shape index (κ2) is 16.2. The summed E-state index contributed by atoms with van der Waals surface area (Å²) in [4.78, 5) is 37.8. The monoisotopic (exact) mass is 708 g/mol. The van der Waals surface area contributed by atoms with Crippen molar-refractivity contribution < 1.29 is 59.2 Å². The molecule has 12 nitrogen and oxygen atoms in total. The fourth-order valence-electron chi connectivity index (χ4n) is 8.22. The van der Waals surface area contributed by atoms with Gasteiger partial charge in [-0.2, -0.15) is 0 Å². The third-order valence-electron chi connectivity index (χ3n) is 11.5. The molecular weight excluding hydrogens is 648 g/mol. The van der Waals surface area contributed by atoms with Crippen LogP contribution in [0.5, 0.6) is 0 Å². The molecule has 11 unspecified atom stereocenters. The third kappa shape index (κ3) is 9.38. The Morgan fingerprint density at radius 2 is 1.66 bits per heavy atom. The number of Topliss-reactive ketones (excluding diaryl/α,β-unsaturated/α-hetero) is 1. The van der Waals surface area contributed by atoms with Gasteiger partial charge in [0.25, 0.3) is 0 Å². The number of aliphatic hydroxyl groups excluding tert-OH is 5. The van der Waals surface area contributed by atoms with Gasteiger partial charge in [0.05, 0.1) is 24.4 Å². The maximum atomic E-state index is 13.1. The number of aliphatic hydroxyl groups is 6. The van der Waals surface area contributed by atoms with Crippen LogP contribution in [0.15, 0.2) is 35.5 Å². The Morgan fingerprint density at radius 3 is 2.26 bits per heavy atom. The van der Waals surface area contributed by atoms with Crippen LogP contribution < -0.4 is 0 Å². The molecule has 6 N–H and O–H groups in total.